The molecule has 1 saturated heterocycles. The van der Waals surface area contributed by atoms with Gasteiger partial charge < -0.3 is 15.0 Å². The normalized spacial score (nSPS) is 14.7. The number of nitrogens with zero attached hydrogens (tertiary/aromatic N) is 3. The van der Waals surface area contributed by atoms with Crippen molar-refractivity contribution in [1.29, 1.82) is 0 Å². The molecule has 0 atom stereocenters. The summed E-state index contributed by atoms with van der Waals surface area (Å²) in [7, 11) is 0. The Kier molecular flexibility index (Phi) is 4.42. The van der Waals surface area contributed by atoms with E-state index in [4.69, 9.17) is 21.3 Å². The second-order valence-corrected chi connectivity index (χ2v) is 6.43. The predicted octanol–water partition coefficient (Wildman–Crippen LogP) is 4.17. The molecule has 0 spiro atoms. The lowest BCUT2D eigenvalue weighted by Crippen LogP contribution is -2.37. The van der Waals surface area contributed by atoms with Crippen LogP contribution in [0, 0.1) is 6.92 Å². The van der Waals surface area contributed by atoms with Crippen molar-refractivity contribution in [3.63, 3.8) is 0 Å². The number of hydrogen-bond donors (Lipinski definition) is 1. The smallest absolute Gasteiger partial charge is 0.229 e. The Hall–Kier alpha value is -2.37. The van der Waals surface area contributed by atoms with Crippen LogP contribution in [0.15, 0.2) is 42.5 Å². The van der Waals surface area contributed by atoms with E-state index in [1.54, 1.807) is 0 Å². The number of fused-ring (bicyclic) bond motifs is 1. The Morgan fingerprint density at radius 3 is 2.68 bits per heavy atom. The number of morpholine rings is 1. The van der Waals surface area contributed by atoms with Gasteiger partial charge in [0.1, 0.15) is 5.82 Å². The third kappa shape index (κ3) is 3.25. The molecule has 0 amide bonds. The number of rotatable bonds is 3. The number of ether oxygens (including phenoxy) is 1. The van der Waals surface area contributed by atoms with E-state index in [1.807, 2.05) is 43.3 Å². The van der Waals surface area contributed by atoms with Gasteiger partial charge in [0.15, 0.2) is 0 Å². The minimum atomic E-state index is 0.575. The molecule has 3 aromatic rings. The van der Waals surface area contributed by atoms with Gasteiger partial charge in [0.25, 0.3) is 0 Å². The molecule has 128 valence electrons. The fourth-order valence-electron chi connectivity index (χ4n) is 3.00. The van der Waals surface area contributed by atoms with Crippen molar-refractivity contribution in [3.05, 3.63) is 53.1 Å². The standard InChI is InChI=1S/C19H19ClN4O/c1-13-15(20)6-4-8-16(13)21-19-22-17-7-3-2-5-14(17)18(23-19)24-9-11-25-12-10-24/h2-8H,9-12H2,1H3,(H,21,22,23). The van der Waals surface area contributed by atoms with Crippen LogP contribution in [0.25, 0.3) is 10.9 Å². The first-order valence-corrected chi connectivity index (χ1v) is 8.72. The first-order chi connectivity index (χ1) is 12.2. The fraction of sp³-hybridized carbons (Fsp3) is 0.263. The molecule has 25 heavy (non-hydrogen) atoms. The monoisotopic (exact) mass is 354 g/mol. The van der Waals surface area contributed by atoms with Crippen LogP contribution in [0.4, 0.5) is 17.5 Å². The van der Waals surface area contributed by atoms with Gasteiger partial charge in [0.2, 0.25) is 5.95 Å². The van der Waals surface area contributed by atoms with Crippen molar-refractivity contribution in [2.24, 2.45) is 0 Å². The van der Waals surface area contributed by atoms with E-state index in [0.29, 0.717) is 19.2 Å². The molecule has 2 heterocycles. The topological polar surface area (TPSA) is 50.3 Å². The van der Waals surface area contributed by atoms with E-state index in [-0.39, 0.29) is 0 Å². The summed E-state index contributed by atoms with van der Waals surface area (Å²) in [4.78, 5) is 11.7. The van der Waals surface area contributed by atoms with Crippen LogP contribution in [-0.4, -0.2) is 36.3 Å². The number of aromatic nitrogens is 2. The Labute approximate surface area is 151 Å². The van der Waals surface area contributed by atoms with Gasteiger partial charge >= 0.3 is 0 Å². The van der Waals surface area contributed by atoms with Crippen LogP contribution >= 0.6 is 11.6 Å². The Morgan fingerprint density at radius 2 is 1.84 bits per heavy atom. The molecule has 1 aliphatic rings. The molecule has 0 bridgehead atoms. The van der Waals surface area contributed by atoms with Crippen LogP contribution in [0.2, 0.25) is 5.02 Å². The van der Waals surface area contributed by atoms with Crippen LogP contribution < -0.4 is 10.2 Å². The predicted molar refractivity (Wildman–Crippen MR) is 102 cm³/mol. The molecular weight excluding hydrogens is 336 g/mol. The van der Waals surface area contributed by atoms with Crippen molar-refractivity contribution in [3.8, 4) is 0 Å². The van der Waals surface area contributed by atoms with Crippen molar-refractivity contribution in [2.75, 3.05) is 36.5 Å². The second-order valence-electron chi connectivity index (χ2n) is 6.02. The van der Waals surface area contributed by atoms with Gasteiger partial charge in [-0.25, -0.2) is 4.98 Å². The highest BCUT2D eigenvalue weighted by molar-refractivity contribution is 6.31. The highest BCUT2D eigenvalue weighted by atomic mass is 35.5. The third-order valence-electron chi connectivity index (χ3n) is 4.41. The maximum Gasteiger partial charge on any atom is 0.229 e. The number of hydrogen-bond acceptors (Lipinski definition) is 5. The first-order valence-electron chi connectivity index (χ1n) is 8.34. The van der Waals surface area contributed by atoms with Gasteiger partial charge in [-0.05, 0) is 36.8 Å². The van der Waals surface area contributed by atoms with E-state index in [0.717, 1.165) is 46.1 Å². The number of para-hydroxylation sites is 1. The lowest BCUT2D eigenvalue weighted by atomic mass is 10.2. The van der Waals surface area contributed by atoms with E-state index in [2.05, 4.69) is 21.3 Å². The van der Waals surface area contributed by atoms with E-state index in [1.165, 1.54) is 0 Å². The SMILES string of the molecule is Cc1c(Cl)cccc1Nc1nc(N2CCOCC2)c2ccccc2n1. The van der Waals surface area contributed by atoms with Gasteiger partial charge in [0, 0.05) is 29.2 Å². The van der Waals surface area contributed by atoms with Gasteiger partial charge in [-0.3, -0.25) is 0 Å². The number of anilines is 3. The maximum absolute atomic E-state index is 6.23. The Morgan fingerprint density at radius 1 is 1.04 bits per heavy atom. The lowest BCUT2D eigenvalue weighted by Gasteiger charge is -2.29. The molecule has 5 nitrogen and oxygen atoms in total. The summed E-state index contributed by atoms with van der Waals surface area (Å²) in [6.45, 7) is 5.07. The van der Waals surface area contributed by atoms with Gasteiger partial charge in [-0.1, -0.05) is 29.8 Å². The summed E-state index contributed by atoms with van der Waals surface area (Å²) in [6.07, 6.45) is 0. The molecule has 0 radical (unpaired) electrons. The van der Waals surface area contributed by atoms with Crippen molar-refractivity contribution in [2.45, 2.75) is 6.92 Å². The molecule has 1 aromatic heterocycles. The number of nitrogens with one attached hydrogen (secondary N) is 1. The van der Waals surface area contributed by atoms with E-state index >= 15 is 0 Å². The first kappa shape index (κ1) is 16.1. The van der Waals surface area contributed by atoms with Crippen LogP contribution in [0.1, 0.15) is 5.56 Å². The van der Waals surface area contributed by atoms with Crippen molar-refractivity contribution >= 4 is 40.0 Å². The zero-order valence-corrected chi connectivity index (χ0v) is 14.8. The minimum absolute atomic E-state index is 0.575. The van der Waals surface area contributed by atoms with Crippen LogP contribution in [-0.2, 0) is 4.74 Å². The number of halogens is 1. The summed E-state index contributed by atoms with van der Waals surface area (Å²) in [5.74, 6) is 1.52. The third-order valence-corrected chi connectivity index (χ3v) is 4.82. The van der Waals surface area contributed by atoms with Crippen molar-refractivity contribution < 1.29 is 4.74 Å². The lowest BCUT2D eigenvalue weighted by molar-refractivity contribution is 0.122. The molecule has 6 heteroatoms. The van der Waals surface area contributed by atoms with E-state index < -0.39 is 0 Å². The zero-order chi connectivity index (χ0) is 17.2. The quantitative estimate of drug-likeness (QED) is 0.765. The minimum Gasteiger partial charge on any atom is -0.378 e. The van der Waals surface area contributed by atoms with E-state index in [9.17, 15) is 0 Å². The molecule has 1 aliphatic heterocycles. The summed E-state index contributed by atoms with van der Waals surface area (Å²) in [5.41, 5.74) is 2.81. The summed E-state index contributed by atoms with van der Waals surface area (Å²) >= 11 is 6.23. The zero-order valence-electron chi connectivity index (χ0n) is 14.0. The Bertz CT molecular complexity index is 909. The number of benzene rings is 2. The molecule has 1 fully saturated rings. The molecule has 0 aliphatic carbocycles. The molecule has 4 rings (SSSR count). The summed E-state index contributed by atoms with van der Waals surface area (Å²) < 4.78 is 5.47. The Balaban J connectivity index is 1.77. The molecule has 0 saturated carbocycles. The molecule has 0 unspecified atom stereocenters. The molecule has 2 aromatic carbocycles. The van der Waals surface area contributed by atoms with Crippen LogP contribution in [0.3, 0.4) is 0 Å². The van der Waals surface area contributed by atoms with Gasteiger partial charge in [-0.2, -0.15) is 4.98 Å². The maximum atomic E-state index is 6.23. The summed E-state index contributed by atoms with van der Waals surface area (Å²) in [6, 6.07) is 13.9. The fourth-order valence-corrected chi connectivity index (χ4v) is 3.17. The van der Waals surface area contributed by atoms with Gasteiger partial charge in [0.05, 0.1) is 18.7 Å². The largest absolute Gasteiger partial charge is 0.378 e. The van der Waals surface area contributed by atoms with Crippen molar-refractivity contribution in [1.82, 2.24) is 9.97 Å². The molecular formula is C19H19ClN4O. The average molecular weight is 355 g/mol. The van der Waals surface area contributed by atoms with Crippen LogP contribution in [0.5, 0.6) is 0 Å². The average Bonchev–Trinajstić information content (AvgIpc) is 2.65. The summed E-state index contributed by atoms with van der Waals surface area (Å²) in [5, 5.41) is 5.10. The highest BCUT2D eigenvalue weighted by Crippen LogP contribution is 2.29. The highest BCUT2D eigenvalue weighted by Gasteiger charge is 2.17. The van der Waals surface area contributed by atoms with Gasteiger partial charge in [-0.15, -0.1) is 0 Å². The second kappa shape index (κ2) is 6.86. The molecule has 1 N–H and O–H groups in total.